The van der Waals surface area contributed by atoms with Crippen LogP contribution in [0, 0.1) is 0 Å². The van der Waals surface area contributed by atoms with Crippen molar-refractivity contribution < 1.29 is 5.11 Å². The first kappa shape index (κ1) is 10.6. The largest absolute Gasteiger partial charge is 0.387 e. The van der Waals surface area contributed by atoms with Gasteiger partial charge in [0, 0.05) is 18.9 Å². The molecular formula is C12H13N3O. The highest BCUT2D eigenvalue weighted by Gasteiger charge is 2.06. The van der Waals surface area contributed by atoms with Crippen LogP contribution in [0.1, 0.15) is 11.7 Å². The molecule has 1 aromatic heterocycles. The monoisotopic (exact) mass is 215 g/mol. The Balaban J connectivity index is 1.92. The fourth-order valence-corrected chi connectivity index (χ4v) is 1.37. The summed E-state index contributed by atoms with van der Waals surface area (Å²) in [7, 11) is 0. The lowest BCUT2D eigenvalue weighted by atomic mass is 10.1. The third-order valence-electron chi connectivity index (χ3n) is 2.20. The van der Waals surface area contributed by atoms with Crippen LogP contribution < -0.4 is 5.32 Å². The van der Waals surface area contributed by atoms with Crippen LogP contribution in [0.5, 0.6) is 0 Å². The highest BCUT2D eigenvalue weighted by Crippen LogP contribution is 2.11. The van der Waals surface area contributed by atoms with E-state index in [1.165, 1.54) is 0 Å². The number of anilines is 1. The van der Waals surface area contributed by atoms with Gasteiger partial charge in [0.2, 0.25) is 5.95 Å². The fraction of sp³-hybridized carbons (Fsp3) is 0.167. The van der Waals surface area contributed by atoms with E-state index in [1.807, 2.05) is 30.3 Å². The highest BCUT2D eigenvalue weighted by atomic mass is 16.3. The summed E-state index contributed by atoms with van der Waals surface area (Å²) < 4.78 is 0. The quantitative estimate of drug-likeness (QED) is 0.813. The van der Waals surface area contributed by atoms with Crippen LogP contribution in [0.3, 0.4) is 0 Å². The minimum absolute atomic E-state index is 0.397. The second-order valence-electron chi connectivity index (χ2n) is 3.38. The van der Waals surface area contributed by atoms with Crippen LogP contribution in [0.2, 0.25) is 0 Å². The molecule has 4 heteroatoms. The maximum atomic E-state index is 9.86. The van der Waals surface area contributed by atoms with Crippen LogP contribution in [0.4, 0.5) is 5.95 Å². The molecular weight excluding hydrogens is 202 g/mol. The summed E-state index contributed by atoms with van der Waals surface area (Å²) in [5.74, 6) is 0.525. The molecule has 0 saturated carbocycles. The Hall–Kier alpha value is -1.94. The molecule has 1 heterocycles. The smallest absolute Gasteiger partial charge is 0.222 e. The number of nitrogens with one attached hydrogen (secondary N) is 1. The lowest BCUT2D eigenvalue weighted by Crippen LogP contribution is -2.13. The Labute approximate surface area is 94.0 Å². The van der Waals surface area contributed by atoms with E-state index in [-0.39, 0.29) is 0 Å². The lowest BCUT2D eigenvalue weighted by molar-refractivity contribution is 0.191. The first-order valence-electron chi connectivity index (χ1n) is 5.10. The molecule has 2 rings (SSSR count). The van der Waals surface area contributed by atoms with E-state index in [0.717, 1.165) is 5.56 Å². The van der Waals surface area contributed by atoms with Crippen molar-refractivity contribution in [3.05, 3.63) is 54.4 Å². The van der Waals surface area contributed by atoms with Gasteiger partial charge >= 0.3 is 0 Å². The highest BCUT2D eigenvalue weighted by molar-refractivity contribution is 5.25. The zero-order chi connectivity index (χ0) is 11.2. The number of rotatable bonds is 4. The first-order valence-corrected chi connectivity index (χ1v) is 5.10. The van der Waals surface area contributed by atoms with Gasteiger partial charge < -0.3 is 10.4 Å². The number of hydrogen-bond donors (Lipinski definition) is 2. The SMILES string of the molecule is O[C@H](CNc1ncccn1)c1ccccc1. The minimum atomic E-state index is -0.551. The summed E-state index contributed by atoms with van der Waals surface area (Å²) in [5, 5.41) is 12.8. The predicted octanol–water partition coefficient (Wildman–Crippen LogP) is 1.62. The molecule has 0 fully saturated rings. The van der Waals surface area contributed by atoms with Gasteiger partial charge in [-0.1, -0.05) is 30.3 Å². The lowest BCUT2D eigenvalue weighted by Gasteiger charge is -2.11. The van der Waals surface area contributed by atoms with Crippen molar-refractivity contribution in [2.75, 3.05) is 11.9 Å². The molecule has 1 atom stereocenters. The van der Waals surface area contributed by atoms with Gasteiger partial charge in [0.1, 0.15) is 0 Å². The van der Waals surface area contributed by atoms with E-state index in [0.29, 0.717) is 12.5 Å². The molecule has 0 saturated heterocycles. The molecule has 0 spiro atoms. The van der Waals surface area contributed by atoms with Gasteiger partial charge in [0.25, 0.3) is 0 Å². The molecule has 16 heavy (non-hydrogen) atoms. The number of nitrogens with zero attached hydrogens (tertiary/aromatic N) is 2. The van der Waals surface area contributed by atoms with Crippen molar-refractivity contribution >= 4 is 5.95 Å². The Bertz CT molecular complexity index is 419. The van der Waals surface area contributed by atoms with Crippen LogP contribution in [0.15, 0.2) is 48.8 Å². The average molecular weight is 215 g/mol. The van der Waals surface area contributed by atoms with Gasteiger partial charge in [-0.15, -0.1) is 0 Å². The number of benzene rings is 1. The summed E-state index contributed by atoms with van der Waals surface area (Å²) in [6, 6.07) is 11.2. The van der Waals surface area contributed by atoms with Gasteiger partial charge in [-0.3, -0.25) is 0 Å². The van der Waals surface area contributed by atoms with Crippen molar-refractivity contribution in [1.29, 1.82) is 0 Å². The van der Waals surface area contributed by atoms with Crippen molar-refractivity contribution in [2.45, 2.75) is 6.10 Å². The van der Waals surface area contributed by atoms with Gasteiger partial charge in [-0.25, -0.2) is 9.97 Å². The summed E-state index contributed by atoms with van der Waals surface area (Å²) in [4.78, 5) is 8.02. The van der Waals surface area contributed by atoms with Crippen molar-refractivity contribution in [3.8, 4) is 0 Å². The van der Waals surface area contributed by atoms with E-state index in [1.54, 1.807) is 18.5 Å². The van der Waals surface area contributed by atoms with Gasteiger partial charge in [0.15, 0.2) is 0 Å². The molecule has 82 valence electrons. The summed E-state index contributed by atoms with van der Waals surface area (Å²) in [6.45, 7) is 0.397. The Morgan fingerprint density at radius 2 is 1.75 bits per heavy atom. The molecule has 1 aromatic carbocycles. The number of aromatic nitrogens is 2. The topological polar surface area (TPSA) is 58.0 Å². The fourth-order valence-electron chi connectivity index (χ4n) is 1.37. The van der Waals surface area contributed by atoms with E-state index < -0.39 is 6.10 Å². The summed E-state index contributed by atoms with van der Waals surface area (Å²) in [5.41, 5.74) is 0.880. The minimum Gasteiger partial charge on any atom is -0.387 e. The molecule has 2 N–H and O–H groups in total. The van der Waals surface area contributed by atoms with Crippen molar-refractivity contribution in [3.63, 3.8) is 0 Å². The van der Waals surface area contributed by atoms with E-state index >= 15 is 0 Å². The Morgan fingerprint density at radius 3 is 2.44 bits per heavy atom. The summed E-state index contributed by atoms with van der Waals surface area (Å²) >= 11 is 0. The van der Waals surface area contributed by atoms with Crippen LogP contribution >= 0.6 is 0 Å². The molecule has 4 nitrogen and oxygen atoms in total. The molecule has 0 aliphatic rings. The van der Waals surface area contributed by atoms with E-state index in [4.69, 9.17) is 0 Å². The van der Waals surface area contributed by atoms with E-state index in [2.05, 4.69) is 15.3 Å². The van der Waals surface area contributed by atoms with E-state index in [9.17, 15) is 5.11 Å². The van der Waals surface area contributed by atoms with Crippen LogP contribution in [0.25, 0.3) is 0 Å². The zero-order valence-corrected chi connectivity index (χ0v) is 8.74. The Kier molecular flexibility index (Phi) is 3.46. The van der Waals surface area contributed by atoms with Gasteiger partial charge in [-0.05, 0) is 11.6 Å². The molecule has 0 aliphatic carbocycles. The standard InChI is InChI=1S/C12H13N3O/c16-11(10-5-2-1-3-6-10)9-15-12-13-7-4-8-14-12/h1-8,11,16H,9H2,(H,13,14,15)/t11-/m1/s1. The third-order valence-corrected chi connectivity index (χ3v) is 2.20. The number of hydrogen-bond acceptors (Lipinski definition) is 4. The van der Waals surface area contributed by atoms with Crippen LogP contribution in [-0.2, 0) is 0 Å². The number of aliphatic hydroxyl groups is 1. The maximum Gasteiger partial charge on any atom is 0.222 e. The summed E-state index contributed by atoms with van der Waals surface area (Å²) in [6.07, 6.45) is 2.76. The molecule has 0 radical (unpaired) electrons. The molecule has 0 bridgehead atoms. The zero-order valence-electron chi connectivity index (χ0n) is 8.74. The molecule has 0 unspecified atom stereocenters. The second-order valence-corrected chi connectivity index (χ2v) is 3.38. The third kappa shape index (κ3) is 2.77. The molecule has 0 aliphatic heterocycles. The van der Waals surface area contributed by atoms with Gasteiger partial charge in [0.05, 0.1) is 6.10 Å². The Morgan fingerprint density at radius 1 is 1.06 bits per heavy atom. The van der Waals surface area contributed by atoms with Crippen LogP contribution in [-0.4, -0.2) is 21.6 Å². The van der Waals surface area contributed by atoms with Gasteiger partial charge in [-0.2, -0.15) is 0 Å². The normalized spacial score (nSPS) is 12.1. The maximum absolute atomic E-state index is 9.86. The predicted molar refractivity (Wildman–Crippen MR) is 61.9 cm³/mol. The number of aliphatic hydroxyl groups excluding tert-OH is 1. The first-order chi connectivity index (χ1) is 7.86. The molecule has 0 amide bonds. The average Bonchev–Trinajstić information content (AvgIpc) is 2.38. The van der Waals surface area contributed by atoms with Crippen molar-refractivity contribution in [2.24, 2.45) is 0 Å². The second kappa shape index (κ2) is 5.23. The molecule has 2 aromatic rings. The van der Waals surface area contributed by atoms with Crippen molar-refractivity contribution in [1.82, 2.24) is 9.97 Å².